The van der Waals surface area contributed by atoms with E-state index >= 15 is 0 Å². The molecule has 0 N–H and O–H groups in total. The normalized spacial score (nSPS) is 10.8. The number of carbonyl (C=O) groups is 2. The minimum absolute atomic E-state index is 0.341. The zero-order valence-electron chi connectivity index (χ0n) is 14.1. The monoisotopic (exact) mass is 391 g/mol. The number of methoxy groups -OCH3 is 1. The highest BCUT2D eigenvalue weighted by molar-refractivity contribution is 6.42. The highest BCUT2D eigenvalue weighted by Gasteiger charge is 2.19. The predicted molar refractivity (Wildman–Crippen MR) is 100 cm³/mol. The van der Waals surface area contributed by atoms with Crippen molar-refractivity contribution in [2.75, 3.05) is 7.11 Å². The van der Waals surface area contributed by atoms with Crippen molar-refractivity contribution in [3.05, 3.63) is 63.8 Å². The van der Waals surface area contributed by atoms with Crippen LogP contribution >= 0.6 is 23.2 Å². The average Bonchev–Trinajstić information content (AvgIpc) is 2.97. The van der Waals surface area contributed by atoms with Crippen molar-refractivity contribution < 1.29 is 19.1 Å². The highest BCUT2D eigenvalue weighted by Crippen LogP contribution is 2.31. The van der Waals surface area contributed by atoms with Crippen molar-refractivity contribution in [2.45, 2.75) is 13.5 Å². The molecule has 134 valence electrons. The molecule has 0 saturated heterocycles. The predicted octanol–water partition coefficient (Wildman–Crippen LogP) is 4.71. The molecule has 1 aromatic heterocycles. The number of aromatic nitrogens is 1. The Morgan fingerprint density at radius 2 is 1.85 bits per heavy atom. The van der Waals surface area contributed by atoms with Crippen molar-refractivity contribution >= 4 is 46.0 Å². The number of benzene rings is 2. The number of halogens is 2. The number of ether oxygens (including phenoxy) is 2. The van der Waals surface area contributed by atoms with Gasteiger partial charge in [-0.3, -0.25) is 4.79 Å². The van der Waals surface area contributed by atoms with E-state index in [0.717, 1.165) is 11.1 Å². The van der Waals surface area contributed by atoms with E-state index in [2.05, 4.69) is 0 Å². The fraction of sp³-hybridized carbons (Fsp3) is 0.158. The number of carbonyl (C=O) groups excluding carboxylic acids is 2. The van der Waals surface area contributed by atoms with Gasteiger partial charge in [-0.25, -0.2) is 4.79 Å². The van der Waals surface area contributed by atoms with Crippen LogP contribution in [0.3, 0.4) is 0 Å². The van der Waals surface area contributed by atoms with E-state index in [9.17, 15) is 9.59 Å². The SMILES string of the molecule is COC(=O)c1cc2c(OC(C)=O)cccc2n1Cc1ccc(Cl)c(Cl)c1. The molecule has 0 spiro atoms. The maximum absolute atomic E-state index is 12.3. The van der Waals surface area contributed by atoms with Gasteiger partial charge in [0, 0.05) is 18.9 Å². The van der Waals surface area contributed by atoms with Gasteiger partial charge in [-0.1, -0.05) is 35.3 Å². The Balaban J connectivity index is 2.16. The van der Waals surface area contributed by atoms with E-state index in [1.807, 2.05) is 12.1 Å². The molecule has 0 unspecified atom stereocenters. The van der Waals surface area contributed by atoms with Crippen LogP contribution in [-0.2, 0) is 16.1 Å². The maximum Gasteiger partial charge on any atom is 0.354 e. The summed E-state index contributed by atoms with van der Waals surface area (Å²) < 4.78 is 11.9. The maximum atomic E-state index is 12.3. The summed E-state index contributed by atoms with van der Waals surface area (Å²) in [5.74, 6) is -0.544. The van der Waals surface area contributed by atoms with Crippen LogP contribution in [0.1, 0.15) is 23.0 Å². The summed E-state index contributed by atoms with van der Waals surface area (Å²) in [6, 6.07) is 12.2. The summed E-state index contributed by atoms with van der Waals surface area (Å²) in [6.07, 6.45) is 0. The van der Waals surface area contributed by atoms with E-state index < -0.39 is 11.9 Å². The van der Waals surface area contributed by atoms with Crippen LogP contribution in [0.15, 0.2) is 42.5 Å². The summed E-state index contributed by atoms with van der Waals surface area (Å²) in [7, 11) is 1.32. The molecule has 0 atom stereocenters. The second kappa shape index (κ2) is 7.40. The van der Waals surface area contributed by atoms with Gasteiger partial charge < -0.3 is 14.0 Å². The molecule has 0 radical (unpaired) electrons. The van der Waals surface area contributed by atoms with Gasteiger partial charge in [0.1, 0.15) is 11.4 Å². The van der Waals surface area contributed by atoms with Gasteiger partial charge in [0.25, 0.3) is 0 Å². The third-order valence-corrected chi connectivity index (χ3v) is 4.62. The molecular formula is C19H15Cl2NO4. The number of hydrogen-bond donors (Lipinski definition) is 0. The van der Waals surface area contributed by atoms with Gasteiger partial charge >= 0.3 is 11.9 Å². The largest absolute Gasteiger partial charge is 0.464 e. The first-order valence-corrected chi connectivity index (χ1v) is 8.49. The summed E-state index contributed by atoms with van der Waals surface area (Å²) >= 11 is 12.1. The fourth-order valence-corrected chi connectivity index (χ4v) is 3.09. The topological polar surface area (TPSA) is 57.5 Å². The molecule has 0 amide bonds. The van der Waals surface area contributed by atoms with Crippen molar-refractivity contribution in [2.24, 2.45) is 0 Å². The Labute approximate surface area is 160 Å². The van der Waals surface area contributed by atoms with Crippen LogP contribution in [0.4, 0.5) is 0 Å². The van der Waals surface area contributed by atoms with Gasteiger partial charge in [-0.05, 0) is 35.9 Å². The number of fused-ring (bicyclic) bond motifs is 1. The average molecular weight is 392 g/mol. The minimum atomic E-state index is -0.491. The van der Waals surface area contributed by atoms with Gasteiger partial charge in [0.05, 0.1) is 22.7 Å². The fourth-order valence-electron chi connectivity index (χ4n) is 2.77. The lowest BCUT2D eigenvalue weighted by Gasteiger charge is -2.11. The van der Waals surface area contributed by atoms with Crippen LogP contribution in [0, 0.1) is 0 Å². The molecule has 0 bridgehead atoms. The Morgan fingerprint density at radius 3 is 2.50 bits per heavy atom. The molecule has 2 aromatic carbocycles. The first kappa shape index (κ1) is 18.3. The minimum Gasteiger partial charge on any atom is -0.464 e. The second-order valence-corrected chi connectivity index (χ2v) is 6.45. The number of esters is 2. The lowest BCUT2D eigenvalue weighted by Crippen LogP contribution is -2.11. The molecule has 3 aromatic rings. The van der Waals surface area contributed by atoms with E-state index in [1.54, 1.807) is 34.9 Å². The molecule has 7 heteroatoms. The molecule has 0 fully saturated rings. The van der Waals surface area contributed by atoms with E-state index in [0.29, 0.717) is 33.4 Å². The van der Waals surface area contributed by atoms with E-state index in [-0.39, 0.29) is 0 Å². The smallest absolute Gasteiger partial charge is 0.354 e. The second-order valence-electron chi connectivity index (χ2n) is 5.64. The van der Waals surface area contributed by atoms with Crippen LogP contribution in [0.25, 0.3) is 10.9 Å². The summed E-state index contributed by atoms with van der Waals surface area (Å²) in [4.78, 5) is 23.6. The quantitative estimate of drug-likeness (QED) is 0.477. The summed E-state index contributed by atoms with van der Waals surface area (Å²) in [5.41, 5.74) is 1.93. The van der Waals surface area contributed by atoms with Crippen molar-refractivity contribution in [1.29, 1.82) is 0 Å². The van der Waals surface area contributed by atoms with Crippen LogP contribution in [0.2, 0.25) is 10.0 Å². The highest BCUT2D eigenvalue weighted by atomic mass is 35.5. The van der Waals surface area contributed by atoms with Crippen LogP contribution < -0.4 is 4.74 Å². The first-order chi connectivity index (χ1) is 12.4. The molecule has 0 saturated carbocycles. The van der Waals surface area contributed by atoms with E-state index in [1.165, 1.54) is 14.0 Å². The van der Waals surface area contributed by atoms with Gasteiger partial charge in [0.2, 0.25) is 0 Å². The molecule has 5 nitrogen and oxygen atoms in total. The van der Waals surface area contributed by atoms with Gasteiger partial charge in [0.15, 0.2) is 0 Å². The number of rotatable bonds is 4. The molecule has 0 aliphatic rings. The standard InChI is InChI=1S/C19H15Cl2NO4/c1-11(23)26-18-5-3-4-16-13(18)9-17(19(24)25-2)22(16)10-12-6-7-14(20)15(21)8-12/h3-9H,10H2,1-2H3. The zero-order chi connectivity index (χ0) is 18.8. The Hall–Kier alpha value is -2.50. The van der Waals surface area contributed by atoms with Crippen molar-refractivity contribution in [3.63, 3.8) is 0 Å². The lowest BCUT2D eigenvalue weighted by molar-refractivity contribution is -0.131. The molecule has 0 aliphatic heterocycles. The lowest BCUT2D eigenvalue weighted by atomic mass is 10.2. The molecule has 26 heavy (non-hydrogen) atoms. The summed E-state index contributed by atoms with van der Waals surface area (Å²) in [6.45, 7) is 1.70. The van der Waals surface area contributed by atoms with Gasteiger partial charge in [-0.15, -0.1) is 0 Å². The molecular weight excluding hydrogens is 377 g/mol. The Kier molecular flexibility index (Phi) is 5.20. The van der Waals surface area contributed by atoms with E-state index in [4.69, 9.17) is 32.7 Å². The molecule has 1 heterocycles. The number of nitrogens with zero attached hydrogens (tertiary/aromatic N) is 1. The Bertz CT molecular complexity index is 1010. The van der Waals surface area contributed by atoms with Crippen molar-refractivity contribution in [1.82, 2.24) is 4.57 Å². The first-order valence-electron chi connectivity index (χ1n) is 7.73. The molecule has 3 rings (SSSR count). The van der Waals surface area contributed by atoms with Crippen molar-refractivity contribution in [3.8, 4) is 5.75 Å². The van der Waals surface area contributed by atoms with Crippen LogP contribution in [-0.4, -0.2) is 23.6 Å². The van der Waals surface area contributed by atoms with Crippen LogP contribution in [0.5, 0.6) is 5.75 Å². The summed E-state index contributed by atoms with van der Waals surface area (Å²) in [5, 5.41) is 1.53. The third-order valence-electron chi connectivity index (χ3n) is 3.88. The third kappa shape index (κ3) is 3.54. The Morgan fingerprint density at radius 1 is 1.08 bits per heavy atom. The molecule has 0 aliphatic carbocycles. The zero-order valence-corrected chi connectivity index (χ0v) is 15.6. The number of hydrogen-bond acceptors (Lipinski definition) is 4. The van der Waals surface area contributed by atoms with Gasteiger partial charge in [-0.2, -0.15) is 0 Å².